The van der Waals surface area contributed by atoms with Gasteiger partial charge in [0, 0.05) is 24.9 Å². The van der Waals surface area contributed by atoms with Gasteiger partial charge in [0.15, 0.2) is 0 Å². The first-order valence-electron chi connectivity index (χ1n) is 10.1. The second-order valence-corrected chi connectivity index (χ2v) is 7.72. The molecule has 2 aliphatic rings. The van der Waals surface area contributed by atoms with Gasteiger partial charge in [0.1, 0.15) is 0 Å². The number of methoxy groups -OCH3 is 1. The van der Waals surface area contributed by atoms with Crippen LogP contribution in [0.25, 0.3) is 0 Å². The molecule has 3 atom stereocenters. The fourth-order valence-electron chi connectivity index (χ4n) is 4.89. The maximum absolute atomic E-state index is 13.1. The number of carbonyl (C=O) groups excluding carboxylic acids is 3. The number of fused-ring (bicyclic) bond motifs is 2. The molecule has 2 saturated heterocycles. The van der Waals surface area contributed by atoms with Gasteiger partial charge in [-0.1, -0.05) is 30.3 Å². The number of amides is 1. The van der Waals surface area contributed by atoms with Crippen LogP contribution in [0.4, 0.5) is 0 Å². The van der Waals surface area contributed by atoms with E-state index < -0.39 is 5.41 Å². The molecule has 28 heavy (non-hydrogen) atoms. The lowest BCUT2D eigenvalue weighted by atomic mass is 9.70. The molecule has 0 radical (unpaired) electrons. The van der Waals surface area contributed by atoms with Crippen molar-refractivity contribution in [1.82, 2.24) is 4.90 Å². The van der Waals surface area contributed by atoms with Crippen LogP contribution in [0.15, 0.2) is 30.3 Å². The number of hydrogen-bond acceptors (Lipinski definition) is 5. The third-order valence-corrected chi connectivity index (χ3v) is 6.07. The largest absolute Gasteiger partial charge is 0.469 e. The molecule has 2 bridgehead atoms. The van der Waals surface area contributed by atoms with E-state index in [0.29, 0.717) is 32.3 Å². The maximum atomic E-state index is 13.1. The molecule has 152 valence electrons. The highest BCUT2D eigenvalue weighted by Gasteiger charge is 2.61. The second-order valence-electron chi connectivity index (χ2n) is 7.72. The quantitative estimate of drug-likeness (QED) is 0.642. The first-order valence-corrected chi connectivity index (χ1v) is 10.1. The van der Waals surface area contributed by atoms with Crippen molar-refractivity contribution in [2.75, 3.05) is 13.7 Å². The highest BCUT2D eigenvalue weighted by molar-refractivity contribution is 5.84. The molecule has 2 heterocycles. The van der Waals surface area contributed by atoms with E-state index in [1.165, 1.54) is 7.11 Å². The molecule has 0 unspecified atom stereocenters. The number of esters is 2. The molecule has 0 aliphatic carbocycles. The van der Waals surface area contributed by atoms with Crippen molar-refractivity contribution in [3.8, 4) is 0 Å². The summed E-state index contributed by atoms with van der Waals surface area (Å²) < 4.78 is 10.1. The van der Waals surface area contributed by atoms with E-state index >= 15 is 0 Å². The number of rotatable bonds is 8. The van der Waals surface area contributed by atoms with Crippen LogP contribution in [0.5, 0.6) is 0 Å². The van der Waals surface area contributed by atoms with Crippen LogP contribution >= 0.6 is 0 Å². The van der Waals surface area contributed by atoms with Crippen LogP contribution in [-0.4, -0.2) is 48.5 Å². The predicted molar refractivity (Wildman–Crippen MR) is 103 cm³/mol. The topological polar surface area (TPSA) is 72.9 Å². The van der Waals surface area contributed by atoms with Crippen molar-refractivity contribution in [3.63, 3.8) is 0 Å². The van der Waals surface area contributed by atoms with Gasteiger partial charge in [-0.05, 0) is 44.6 Å². The normalized spacial score (nSPS) is 25.6. The zero-order valence-corrected chi connectivity index (χ0v) is 16.7. The first-order chi connectivity index (χ1) is 13.5. The van der Waals surface area contributed by atoms with Gasteiger partial charge in [-0.25, -0.2) is 0 Å². The summed E-state index contributed by atoms with van der Waals surface area (Å²) in [5, 5.41) is 0. The minimum absolute atomic E-state index is 0.0237. The van der Waals surface area contributed by atoms with Crippen LogP contribution in [0.3, 0.4) is 0 Å². The molecule has 6 heteroatoms. The van der Waals surface area contributed by atoms with E-state index in [1.54, 1.807) is 0 Å². The Morgan fingerprint density at radius 3 is 2.57 bits per heavy atom. The van der Waals surface area contributed by atoms with E-state index in [2.05, 4.69) is 4.74 Å². The minimum Gasteiger partial charge on any atom is -0.469 e. The van der Waals surface area contributed by atoms with E-state index in [4.69, 9.17) is 4.74 Å². The van der Waals surface area contributed by atoms with E-state index in [9.17, 15) is 14.4 Å². The molecule has 1 aromatic carbocycles. The van der Waals surface area contributed by atoms with Crippen LogP contribution in [0, 0.1) is 5.41 Å². The number of benzene rings is 1. The van der Waals surface area contributed by atoms with Crippen LogP contribution in [-0.2, 0) is 30.3 Å². The third kappa shape index (κ3) is 3.91. The Hall–Kier alpha value is -2.37. The van der Waals surface area contributed by atoms with Crippen molar-refractivity contribution in [3.05, 3.63) is 35.9 Å². The lowest BCUT2D eigenvalue weighted by Crippen LogP contribution is -2.47. The third-order valence-electron chi connectivity index (χ3n) is 6.07. The number of carbonyl (C=O) groups is 3. The SMILES string of the molecule is CCOC(=O)[C@@]1(Cc2ccccc2)C[C@H]2CC[C@@H]1N2C(=O)CCCC(=O)OC. The summed E-state index contributed by atoms with van der Waals surface area (Å²) in [6.07, 6.45) is 3.97. The Morgan fingerprint density at radius 2 is 1.89 bits per heavy atom. The molecule has 1 amide bonds. The summed E-state index contributed by atoms with van der Waals surface area (Å²) in [5.74, 6) is -0.476. The molecular weight excluding hydrogens is 358 g/mol. The zero-order chi connectivity index (χ0) is 20.1. The molecular formula is C22H29NO5. The molecule has 0 aromatic heterocycles. The van der Waals surface area contributed by atoms with Gasteiger partial charge in [-0.2, -0.15) is 0 Å². The lowest BCUT2D eigenvalue weighted by molar-refractivity contribution is -0.158. The molecule has 2 aliphatic heterocycles. The Bertz CT molecular complexity index is 719. The molecule has 0 saturated carbocycles. The zero-order valence-electron chi connectivity index (χ0n) is 16.7. The van der Waals surface area contributed by atoms with Gasteiger partial charge in [-0.15, -0.1) is 0 Å². The molecule has 3 rings (SSSR count). The van der Waals surface area contributed by atoms with Crippen molar-refractivity contribution < 1.29 is 23.9 Å². The first kappa shape index (κ1) is 20.4. The van der Waals surface area contributed by atoms with Crippen LogP contribution in [0.2, 0.25) is 0 Å². The van der Waals surface area contributed by atoms with E-state index in [0.717, 1.165) is 18.4 Å². The molecule has 1 aromatic rings. The molecule has 2 fully saturated rings. The summed E-state index contributed by atoms with van der Waals surface area (Å²) in [7, 11) is 1.35. The predicted octanol–water partition coefficient (Wildman–Crippen LogP) is 2.89. The van der Waals surface area contributed by atoms with Crippen molar-refractivity contribution in [2.45, 2.75) is 64.0 Å². The molecule has 0 spiro atoms. The fourth-order valence-corrected chi connectivity index (χ4v) is 4.89. The Kier molecular flexibility index (Phi) is 6.37. The van der Waals surface area contributed by atoms with Gasteiger partial charge in [0.25, 0.3) is 0 Å². The fraction of sp³-hybridized carbons (Fsp3) is 0.591. The Balaban J connectivity index is 1.78. The highest BCUT2D eigenvalue weighted by Crippen LogP contribution is 2.52. The smallest absolute Gasteiger partial charge is 0.314 e. The highest BCUT2D eigenvalue weighted by atomic mass is 16.5. The summed E-state index contributed by atoms with van der Waals surface area (Å²) in [5.41, 5.74) is 0.402. The maximum Gasteiger partial charge on any atom is 0.314 e. The summed E-state index contributed by atoms with van der Waals surface area (Å²) in [6.45, 7) is 2.15. The molecule has 6 nitrogen and oxygen atoms in total. The van der Waals surface area contributed by atoms with Gasteiger partial charge in [-0.3, -0.25) is 14.4 Å². The standard InChI is InChI=1S/C22H29NO5/c1-3-28-21(26)22(14-16-8-5-4-6-9-16)15-17-12-13-18(22)23(17)19(24)10-7-11-20(25)27-2/h4-6,8-9,17-18H,3,7,10-15H2,1-2H3/t17-,18+,22+/m1/s1. The van der Waals surface area contributed by atoms with Crippen molar-refractivity contribution in [1.29, 1.82) is 0 Å². The number of nitrogens with zero attached hydrogens (tertiary/aromatic N) is 1. The monoisotopic (exact) mass is 387 g/mol. The Labute approximate surface area is 166 Å². The van der Waals surface area contributed by atoms with Gasteiger partial charge in [0.05, 0.1) is 19.1 Å². The molecule has 0 N–H and O–H groups in total. The summed E-state index contributed by atoms with van der Waals surface area (Å²) >= 11 is 0. The van der Waals surface area contributed by atoms with Crippen molar-refractivity contribution in [2.24, 2.45) is 5.41 Å². The van der Waals surface area contributed by atoms with Gasteiger partial charge < -0.3 is 14.4 Å². The van der Waals surface area contributed by atoms with Crippen LogP contribution < -0.4 is 0 Å². The van der Waals surface area contributed by atoms with Gasteiger partial charge in [0.2, 0.25) is 5.91 Å². The van der Waals surface area contributed by atoms with Gasteiger partial charge >= 0.3 is 11.9 Å². The average Bonchev–Trinajstić information content (AvgIpc) is 3.25. The number of hydrogen-bond donors (Lipinski definition) is 0. The second kappa shape index (κ2) is 8.76. The van der Waals surface area contributed by atoms with E-state index in [-0.39, 0.29) is 36.4 Å². The number of ether oxygens (including phenoxy) is 2. The summed E-state index contributed by atoms with van der Waals surface area (Å²) in [6, 6.07) is 9.88. The van der Waals surface area contributed by atoms with Crippen LogP contribution in [0.1, 0.15) is 51.0 Å². The minimum atomic E-state index is -0.682. The average molecular weight is 387 g/mol. The van der Waals surface area contributed by atoms with Crippen molar-refractivity contribution >= 4 is 17.8 Å². The Morgan fingerprint density at radius 1 is 1.14 bits per heavy atom. The lowest BCUT2D eigenvalue weighted by Gasteiger charge is -2.35. The summed E-state index contributed by atoms with van der Waals surface area (Å²) in [4.78, 5) is 39.2. The van der Waals surface area contributed by atoms with E-state index in [1.807, 2.05) is 42.2 Å².